The predicted octanol–water partition coefficient (Wildman–Crippen LogP) is 5.10. The second-order valence-electron chi connectivity index (χ2n) is 7.60. The zero-order valence-electron chi connectivity index (χ0n) is 15.9. The SMILES string of the molecule is Cc1ccc(C)c(C(c2ccc3ccccc3c2)N2CCCC2C(=O)O)c1. The molecule has 2 atom stereocenters. The Bertz CT molecular complexity index is 995. The van der Waals surface area contributed by atoms with Gasteiger partial charge in [0.25, 0.3) is 0 Å². The number of carboxylic acid groups (broad SMARTS) is 1. The van der Waals surface area contributed by atoms with Crippen LogP contribution >= 0.6 is 0 Å². The molecule has 0 aromatic heterocycles. The third-order valence-electron chi connectivity index (χ3n) is 5.73. The second-order valence-corrected chi connectivity index (χ2v) is 7.60. The molecule has 1 aliphatic rings. The molecule has 0 aliphatic carbocycles. The molecular formula is C24H25NO2. The van der Waals surface area contributed by atoms with E-state index in [0.29, 0.717) is 6.42 Å². The number of fused-ring (bicyclic) bond motifs is 1. The minimum absolute atomic E-state index is 0.0434. The third kappa shape index (κ3) is 3.35. The lowest BCUT2D eigenvalue weighted by Gasteiger charge is -2.33. The lowest BCUT2D eigenvalue weighted by atomic mass is 9.90. The maximum absolute atomic E-state index is 11.9. The average Bonchev–Trinajstić information content (AvgIpc) is 3.14. The Morgan fingerprint density at radius 2 is 1.81 bits per heavy atom. The number of benzene rings is 3. The van der Waals surface area contributed by atoms with E-state index >= 15 is 0 Å². The van der Waals surface area contributed by atoms with Gasteiger partial charge in [-0.05, 0) is 60.2 Å². The summed E-state index contributed by atoms with van der Waals surface area (Å²) < 4.78 is 0. The molecule has 4 rings (SSSR count). The summed E-state index contributed by atoms with van der Waals surface area (Å²) in [6.45, 7) is 5.02. The lowest BCUT2D eigenvalue weighted by molar-refractivity contribution is -0.142. The highest BCUT2D eigenvalue weighted by Crippen LogP contribution is 2.37. The number of aliphatic carboxylic acids is 1. The summed E-state index contributed by atoms with van der Waals surface area (Å²) in [5.74, 6) is -0.719. The monoisotopic (exact) mass is 359 g/mol. The van der Waals surface area contributed by atoms with Crippen molar-refractivity contribution in [3.05, 3.63) is 82.9 Å². The largest absolute Gasteiger partial charge is 0.480 e. The highest BCUT2D eigenvalue weighted by molar-refractivity contribution is 5.83. The fourth-order valence-electron chi connectivity index (χ4n) is 4.35. The van der Waals surface area contributed by atoms with E-state index in [9.17, 15) is 9.90 Å². The fraction of sp³-hybridized carbons (Fsp3) is 0.292. The van der Waals surface area contributed by atoms with Gasteiger partial charge in [0.05, 0.1) is 6.04 Å². The Morgan fingerprint density at radius 3 is 2.59 bits per heavy atom. The predicted molar refractivity (Wildman–Crippen MR) is 109 cm³/mol. The quantitative estimate of drug-likeness (QED) is 0.705. The van der Waals surface area contributed by atoms with E-state index in [1.807, 2.05) is 6.07 Å². The van der Waals surface area contributed by atoms with Crippen molar-refractivity contribution in [1.82, 2.24) is 4.90 Å². The van der Waals surface area contributed by atoms with Gasteiger partial charge in [0, 0.05) is 6.54 Å². The molecule has 3 aromatic carbocycles. The van der Waals surface area contributed by atoms with Crippen molar-refractivity contribution in [3.63, 3.8) is 0 Å². The van der Waals surface area contributed by atoms with Crippen LogP contribution in [0.5, 0.6) is 0 Å². The van der Waals surface area contributed by atoms with Crippen LogP contribution in [0.2, 0.25) is 0 Å². The molecule has 2 unspecified atom stereocenters. The summed E-state index contributed by atoms with van der Waals surface area (Å²) in [6, 6.07) is 20.9. The summed E-state index contributed by atoms with van der Waals surface area (Å²) in [4.78, 5) is 14.1. The topological polar surface area (TPSA) is 40.5 Å². The van der Waals surface area contributed by atoms with E-state index in [2.05, 4.69) is 73.3 Å². The Labute approximate surface area is 160 Å². The van der Waals surface area contributed by atoms with Gasteiger partial charge < -0.3 is 5.11 Å². The first-order valence-corrected chi connectivity index (χ1v) is 9.59. The molecule has 3 heteroatoms. The van der Waals surface area contributed by atoms with Crippen LogP contribution in [0, 0.1) is 13.8 Å². The van der Waals surface area contributed by atoms with Gasteiger partial charge in [0.1, 0.15) is 6.04 Å². The van der Waals surface area contributed by atoms with Crippen LogP contribution in [0.15, 0.2) is 60.7 Å². The molecule has 1 N–H and O–H groups in total. The fourth-order valence-corrected chi connectivity index (χ4v) is 4.35. The molecule has 138 valence electrons. The third-order valence-corrected chi connectivity index (χ3v) is 5.73. The molecule has 1 fully saturated rings. The van der Waals surface area contributed by atoms with E-state index in [1.54, 1.807) is 0 Å². The molecule has 1 heterocycles. The highest BCUT2D eigenvalue weighted by atomic mass is 16.4. The molecular weight excluding hydrogens is 334 g/mol. The first kappa shape index (κ1) is 17.7. The molecule has 0 spiro atoms. The summed E-state index contributed by atoms with van der Waals surface area (Å²) in [6.07, 6.45) is 1.64. The lowest BCUT2D eigenvalue weighted by Crippen LogP contribution is -2.39. The standard InChI is InChI=1S/C24H25NO2/c1-16-9-10-17(2)21(14-16)23(25-13-5-8-22(25)24(26)27)20-12-11-18-6-3-4-7-19(18)15-20/h3-4,6-7,9-12,14-15,22-23H,5,8,13H2,1-2H3,(H,26,27). The molecule has 3 aromatic rings. The van der Waals surface area contributed by atoms with Gasteiger partial charge in [-0.1, -0.05) is 60.2 Å². The van der Waals surface area contributed by atoms with Crippen LogP contribution in [0.3, 0.4) is 0 Å². The number of hydrogen-bond donors (Lipinski definition) is 1. The first-order chi connectivity index (χ1) is 13.0. The van der Waals surface area contributed by atoms with Crippen LogP contribution in [-0.4, -0.2) is 28.6 Å². The second kappa shape index (κ2) is 7.16. The summed E-state index contributed by atoms with van der Waals surface area (Å²) in [5.41, 5.74) is 4.77. The maximum atomic E-state index is 11.9. The number of likely N-dealkylation sites (tertiary alicyclic amines) is 1. The van der Waals surface area contributed by atoms with E-state index in [1.165, 1.54) is 27.5 Å². The number of carboxylic acids is 1. The van der Waals surface area contributed by atoms with Crippen LogP contribution < -0.4 is 0 Å². The number of rotatable bonds is 4. The Hall–Kier alpha value is -2.65. The van der Waals surface area contributed by atoms with Gasteiger partial charge >= 0.3 is 5.97 Å². The maximum Gasteiger partial charge on any atom is 0.320 e. The Balaban J connectivity index is 1.89. The molecule has 3 nitrogen and oxygen atoms in total. The first-order valence-electron chi connectivity index (χ1n) is 9.59. The summed E-state index contributed by atoms with van der Waals surface area (Å²) in [7, 11) is 0. The zero-order chi connectivity index (χ0) is 19.0. The highest BCUT2D eigenvalue weighted by Gasteiger charge is 2.37. The average molecular weight is 359 g/mol. The van der Waals surface area contributed by atoms with Gasteiger partial charge in [-0.15, -0.1) is 0 Å². The van der Waals surface area contributed by atoms with Gasteiger partial charge in [0.2, 0.25) is 0 Å². The zero-order valence-corrected chi connectivity index (χ0v) is 15.9. The minimum Gasteiger partial charge on any atom is -0.480 e. The van der Waals surface area contributed by atoms with E-state index in [4.69, 9.17) is 0 Å². The number of aryl methyl sites for hydroxylation is 2. The molecule has 0 radical (unpaired) electrons. The van der Waals surface area contributed by atoms with E-state index in [-0.39, 0.29) is 6.04 Å². The van der Waals surface area contributed by atoms with Crippen LogP contribution in [0.4, 0.5) is 0 Å². The molecule has 0 saturated carbocycles. The number of nitrogens with zero attached hydrogens (tertiary/aromatic N) is 1. The van der Waals surface area contributed by atoms with Crippen LogP contribution in [0.1, 0.15) is 41.1 Å². The van der Waals surface area contributed by atoms with Crippen molar-refractivity contribution < 1.29 is 9.90 Å². The molecule has 27 heavy (non-hydrogen) atoms. The summed E-state index contributed by atoms with van der Waals surface area (Å²) in [5, 5.41) is 12.2. The number of carbonyl (C=O) groups is 1. The van der Waals surface area contributed by atoms with Gasteiger partial charge in [0.15, 0.2) is 0 Å². The van der Waals surface area contributed by atoms with Crippen LogP contribution in [-0.2, 0) is 4.79 Å². The molecule has 1 saturated heterocycles. The van der Waals surface area contributed by atoms with Crippen molar-refractivity contribution in [1.29, 1.82) is 0 Å². The Kier molecular flexibility index (Phi) is 4.71. The van der Waals surface area contributed by atoms with Crippen molar-refractivity contribution >= 4 is 16.7 Å². The minimum atomic E-state index is -0.719. The smallest absolute Gasteiger partial charge is 0.320 e. The van der Waals surface area contributed by atoms with Gasteiger partial charge in [-0.3, -0.25) is 9.69 Å². The molecule has 0 bridgehead atoms. The molecule has 0 amide bonds. The van der Waals surface area contributed by atoms with Crippen molar-refractivity contribution in [2.45, 2.75) is 38.8 Å². The van der Waals surface area contributed by atoms with E-state index < -0.39 is 12.0 Å². The van der Waals surface area contributed by atoms with Crippen molar-refractivity contribution in [3.8, 4) is 0 Å². The number of hydrogen-bond acceptors (Lipinski definition) is 2. The van der Waals surface area contributed by atoms with E-state index in [0.717, 1.165) is 18.5 Å². The normalized spacial score (nSPS) is 18.7. The Morgan fingerprint density at radius 1 is 1.04 bits per heavy atom. The van der Waals surface area contributed by atoms with Crippen LogP contribution in [0.25, 0.3) is 10.8 Å². The van der Waals surface area contributed by atoms with Crippen molar-refractivity contribution in [2.24, 2.45) is 0 Å². The molecule has 1 aliphatic heterocycles. The van der Waals surface area contributed by atoms with Gasteiger partial charge in [-0.2, -0.15) is 0 Å². The summed E-state index contributed by atoms with van der Waals surface area (Å²) >= 11 is 0. The van der Waals surface area contributed by atoms with Gasteiger partial charge in [-0.25, -0.2) is 0 Å². The van der Waals surface area contributed by atoms with Crippen molar-refractivity contribution in [2.75, 3.05) is 6.54 Å².